The molecule has 0 atom stereocenters. The lowest BCUT2D eigenvalue weighted by atomic mass is 10.0. The zero-order valence-electron chi connectivity index (χ0n) is 11.6. The van der Waals surface area contributed by atoms with Gasteiger partial charge in [-0.1, -0.05) is 43.2 Å². The molecule has 21 heavy (non-hydrogen) atoms. The van der Waals surface area contributed by atoms with Gasteiger partial charge in [0.25, 0.3) is 0 Å². The van der Waals surface area contributed by atoms with Crippen LogP contribution in [0.25, 0.3) is 5.57 Å². The predicted octanol–water partition coefficient (Wildman–Crippen LogP) is 3.94. The number of hydrogen-bond acceptors (Lipinski definition) is 1. The van der Waals surface area contributed by atoms with Gasteiger partial charge in [0.15, 0.2) is 0 Å². The minimum Gasteiger partial charge on any atom is -0.352 e. The number of alkyl halides is 3. The summed E-state index contributed by atoms with van der Waals surface area (Å²) < 4.78 is 39.2. The van der Waals surface area contributed by atoms with Gasteiger partial charge in [0, 0.05) is 12.6 Å². The summed E-state index contributed by atoms with van der Waals surface area (Å²) in [6.07, 6.45) is 0.447. The molecule has 0 bridgehead atoms. The molecule has 1 saturated carbocycles. The molecule has 0 spiro atoms. The van der Waals surface area contributed by atoms with Crippen LogP contribution in [0.2, 0.25) is 0 Å². The predicted molar refractivity (Wildman–Crippen MR) is 75.4 cm³/mol. The van der Waals surface area contributed by atoms with Gasteiger partial charge in [-0.3, -0.25) is 4.79 Å². The highest BCUT2D eigenvalue weighted by atomic mass is 19.4. The monoisotopic (exact) mass is 297 g/mol. The molecule has 0 heterocycles. The van der Waals surface area contributed by atoms with E-state index in [0.717, 1.165) is 25.7 Å². The van der Waals surface area contributed by atoms with Crippen LogP contribution in [0.3, 0.4) is 0 Å². The van der Waals surface area contributed by atoms with Gasteiger partial charge in [-0.2, -0.15) is 13.2 Å². The SMILES string of the molecule is O=C(/C=C(\c1ccccc1)C(F)(F)F)NCC1CCCC1. The van der Waals surface area contributed by atoms with Crippen molar-refractivity contribution in [3.63, 3.8) is 0 Å². The fraction of sp³-hybridized carbons (Fsp3) is 0.438. The number of allylic oxidation sites excluding steroid dienone is 1. The van der Waals surface area contributed by atoms with Gasteiger partial charge in [-0.25, -0.2) is 0 Å². The lowest BCUT2D eigenvalue weighted by molar-refractivity contribution is -0.117. The lowest BCUT2D eigenvalue weighted by Crippen LogP contribution is -2.27. The molecule has 1 aliphatic rings. The number of rotatable bonds is 4. The van der Waals surface area contributed by atoms with E-state index in [4.69, 9.17) is 0 Å². The first-order valence-electron chi connectivity index (χ1n) is 7.09. The van der Waals surface area contributed by atoms with Crippen molar-refractivity contribution in [2.24, 2.45) is 5.92 Å². The zero-order chi connectivity index (χ0) is 15.3. The van der Waals surface area contributed by atoms with Gasteiger partial charge in [-0.05, 0) is 24.3 Å². The maximum Gasteiger partial charge on any atom is 0.417 e. The Labute approximate surface area is 122 Å². The third kappa shape index (κ3) is 4.62. The molecule has 1 amide bonds. The van der Waals surface area contributed by atoms with Crippen molar-refractivity contribution in [1.82, 2.24) is 5.32 Å². The van der Waals surface area contributed by atoms with Crippen molar-refractivity contribution in [2.45, 2.75) is 31.9 Å². The average Bonchev–Trinajstić information content (AvgIpc) is 2.95. The molecule has 5 heteroatoms. The Morgan fingerprint density at radius 3 is 2.38 bits per heavy atom. The fourth-order valence-electron chi connectivity index (χ4n) is 2.59. The number of halogens is 3. The van der Waals surface area contributed by atoms with E-state index in [-0.39, 0.29) is 5.56 Å². The summed E-state index contributed by atoms with van der Waals surface area (Å²) in [4.78, 5) is 11.7. The van der Waals surface area contributed by atoms with Crippen molar-refractivity contribution >= 4 is 11.5 Å². The van der Waals surface area contributed by atoms with Gasteiger partial charge < -0.3 is 5.32 Å². The quantitative estimate of drug-likeness (QED) is 0.838. The van der Waals surface area contributed by atoms with E-state index in [1.54, 1.807) is 6.07 Å². The van der Waals surface area contributed by atoms with Crippen molar-refractivity contribution in [2.75, 3.05) is 6.54 Å². The molecule has 2 rings (SSSR count). The molecule has 0 unspecified atom stereocenters. The van der Waals surface area contributed by atoms with Crippen LogP contribution in [0, 0.1) is 5.92 Å². The van der Waals surface area contributed by atoms with Crippen LogP contribution in [-0.2, 0) is 4.79 Å². The van der Waals surface area contributed by atoms with Crippen LogP contribution >= 0.6 is 0 Å². The third-order valence-electron chi connectivity index (χ3n) is 3.71. The van der Waals surface area contributed by atoms with Crippen LogP contribution in [0.1, 0.15) is 31.2 Å². The van der Waals surface area contributed by atoms with Crippen LogP contribution in [0.4, 0.5) is 13.2 Å². The van der Waals surface area contributed by atoms with Crippen LogP contribution in [0.5, 0.6) is 0 Å². The fourth-order valence-corrected chi connectivity index (χ4v) is 2.59. The average molecular weight is 297 g/mol. The second kappa shape index (κ2) is 6.78. The third-order valence-corrected chi connectivity index (χ3v) is 3.71. The molecule has 0 saturated heterocycles. The van der Waals surface area contributed by atoms with E-state index in [2.05, 4.69) is 5.32 Å². The molecule has 1 aromatic rings. The van der Waals surface area contributed by atoms with E-state index in [9.17, 15) is 18.0 Å². The topological polar surface area (TPSA) is 29.1 Å². The molecule has 0 aliphatic heterocycles. The molecule has 1 N–H and O–H groups in total. The maximum atomic E-state index is 13.1. The smallest absolute Gasteiger partial charge is 0.352 e. The number of nitrogens with one attached hydrogen (secondary N) is 1. The molecule has 2 nitrogen and oxygen atoms in total. The van der Waals surface area contributed by atoms with Gasteiger partial charge in [0.1, 0.15) is 0 Å². The summed E-state index contributed by atoms with van der Waals surface area (Å²) >= 11 is 0. The van der Waals surface area contributed by atoms with E-state index >= 15 is 0 Å². The van der Waals surface area contributed by atoms with Gasteiger partial charge in [0.2, 0.25) is 5.91 Å². The Bertz CT molecular complexity index is 502. The summed E-state index contributed by atoms with van der Waals surface area (Å²) in [6.45, 7) is 0.454. The molecule has 114 valence electrons. The summed E-state index contributed by atoms with van der Waals surface area (Å²) in [5.74, 6) is -0.286. The van der Waals surface area contributed by atoms with Crippen LogP contribution in [0.15, 0.2) is 36.4 Å². The first-order valence-corrected chi connectivity index (χ1v) is 7.09. The summed E-state index contributed by atoms with van der Waals surface area (Å²) in [6, 6.07) is 7.38. The van der Waals surface area contributed by atoms with Crippen molar-refractivity contribution in [3.8, 4) is 0 Å². The molecule has 0 radical (unpaired) electrons. The number of benzene rings is 1. The highest BCUT2D eigenvalue weighted by Gasteiger charge is 2.35. The highest BCUT2D eigenvalue weighted by molar-refractivity contribution is 5.96. The minimum atomic E-state index is -4.55. The Hall–Kier alpha value is -1.78. The summed E-state index contributed by atoms with van der Waals surface area (Å²) in [5.41, 5.74) is -0.909. The lowest BCUT2D eigenvalue weighted by Gasteiger charge is -2.13. The Morgan fingerprint density at radius 2 is 1.81 bits per heavy atom. The standard InChI is InChI=1S/C16H18F3NO/c17-16(18,19)14(13-8-2-1-3-9-13)10-15(21)20-11-12-6-4-5-7-12/h1-3,8-10,12H,4-7,11H2,(H,20,21)/b14-10+. The zero-order valence-corrected chi connectivity index (χ0v) is 11.6. The normalized spacial score (nSPS) is 17.0. The second-order valence-corrected chi connectivity index (χ2v) is 5.32. The van der Waals surface area contributed by atoms with E-state index in [0.29, 0.717) is 18.5 Å². The van der Waals surface area contributed by atoms with Crippen LogP contribution < -0.4 is 5.32 Å². The molecule has 0 aromatic heterocycles. The van der Waals surface area contributed by atoms with Gasteiger partial charge in [-0.15, -0.1) is 0 Å². The number of hydrogen-bond donors (Lipinski definition) is 1. The Morgan fingerprint density at radius 1 is 1.19 bits per heavy atom. The second-order valence-electron chi connectivity index (χ2n) is 5.32. The van der Waals surface area contributed by atoms with Crippen molar-refractivity contribution < 1.29 is 18.0 Å². The Balaban J connectivity index is 2.07. The first-order chi connectivity index (χ1) is 9.97. The maximum absolute atomic E-state index is 13.1. The molecule has 1 aromatic carbocycles. The van der Waals surface area contributed by atoms with E-state index in [1.807, 2.05) is 0 Å². The van der Waals surface area contributed by atoms with Crippen LogP contribution in [-0.4, -0.2) is 18.6 Å². The van der Waals surface area contributed by atoms with Gasteiger partial charge in [0.05, 0.1) is 5.57 Å². The Kier molecular flexibility index (Phi) is 5.04. The number of carbonyl (C=O) groups excluding carboxylic acids is 1. The molecule has 1 aliphatic carbocycles. The summed E-state index contributed by atoms with van der Waals surface area (Å²) in [5, 5.41) is 2.58. The minimum absolute atomic E-state index is 0.000941. The molecular weight excluding hydrogens is 279 g/mol. The highest BCUT2D eigenvalue weighted by Crippen LogP contribution is 2.33. The largest absolute Gasteiger partial charge is 0.417 e. The van der Waals surface area contributed by atoms with Gasteiger partial charge >= 0.3 is 6.18 Å². The number of amides is 1. The van der Waals surface area contributed by atoms with Crippen molar-refractivity contribution in [3.05, 3.63) is 42.0 Å². The summed E-state index contributed by atoms with van der Waals surface area (Å²) in [7, 11) is 0. The van der Waals surface area contributed by atoms with E-state index < -0.39 is 17.7 Å². The molecular formula is C16H18F3NO. The number of carbonyl (C=O) groups is 1. The molecule has 1 fully saturated rings. The van der Waals surface area contributed by atoms with Crippen molar-refractivity contribution in [1.29, 1.82) is 0 Å². The first kappa shape index (κ1) is 15.6. The van der Waals surface area contributed by atoms with E-state index in [1.165, 1.54) is 24.3 Å².